The van der Waals surface area contributed by atoms with Gasteiger partial charge in [-0.15, -0.1) is 5.10 Å². The Kier molecular flexibility index (Phi) is 3.01. The predicted octanol–water partition coefficient (Wildman–Crippen LogP) is 3.12. The molecular formula is C18H16N4O. The van der Waals surface area contributed by atoms with Crippen LogP contribution < -0.4 is 5.01 Å². The molecule has 5 heteroatoms. The Labute approximate surface area is 133 Å². The van der Waals surface area contributed by atoms with Crippen molar-refractivity contribution < 1.29 is 4.79 Å². The van der Waals surface area contributed by atoms with Gasteiger partial charge in [-0.3, -0.25) is 14.4 Å². The van der Waals surface area contributed by atoms with E-state index in [4.69, 9.17) is 0 Å². The molecule has 0 fully saturated rings. The van der Waals surface area contributed by atoms with Gasteiger partial charge in [0.05, 0.1) is 16.7 Å². The minimum absolute atomic E-state index is 0.0776. The zero-order valence-electron chi connectivity index (χ0n) is 13.0. The summed E-state index contributed by atoms with van der Waals surface area (Å²) in [6.07, 6.45) is 0. The molecule has 0 saturated carbocycles. The number of imidazole rings is 1. The van der Waals surface area contributed by atoms with E-state index >= 15 is 0 Å². The van der Waals surface area contributed by atoms with E-state index in [1.54, 1.807) is 0 Å². The van der Waals surface area contributed by atoms with Gasteiger partial charge in [-0.05, 0) is 31.2 Å². The Morgan fingerprint density at radius 3 is 2.57 bits per heavy atom. The standard InChI is InChI=1S/C18H16N4O/c1-12-7-9-14(10-8-12)21-11-17-19-15-5-3-4-6-16(15)22(17)18(20-21)13(2)23/h3-10H,11H2,1-2H3. The fourth-order valence-electron chi connectivity index (χ4n) is 2.84. The number of para-hydroxylation sites is 2. The van der Waals surface area contributed by atoms with Crippen LogP contribution in [0.2, 0.25) is 0 Å². The lowest BCUT2D eigenvalue weighted by Gasteiger charge is -2.25. The van der Waals surface area contributed by atoms with Gasteiger partial charge in [-0.1, -0.05) is 29.8 Å². The molecule has 114 valence electrons. The molecule has 0 amide bonds. The minimum atomic E-state index is -0.0776. The van der Waals surface area contributed by atoms with E-state index in [1.807, 2.05) is 65.0 Å². The van der Waals surface area contributed by atoms with Gasteiger partial charge < -0.3 is 0 Å². The van der Waals surface area contributed by atoms with Crippen LogP contribution in [0.1, 0.15) is 18.3 Å². The number of benzene rings is 2. The SMILES string of the molecule is CC(=O)C1=NN(c2ccc(C)cc2)Cc2nc3ccccc3n21. The molecule has 23 heavy (non-hydrogen) atoms. The molecule has 0 bridgehead atoms. The number of aromatic nitrogens is 2. The number of hydrogen-bond acceptors (Lipinski definition) is 4. The Balaban J connectivity index is 1.88. The van der Waals surface area contributed by atoms with Crippen molar-refractivity contribution in [3.8, 4) is 0 Å². The molecule has 1 aliphatic rings. The molecule has 2 aromatic carbocycles. The van der Waals surface area contributed by atoms with Gasteiger partial charge in [0.25, 0.3) is 0 Å². The molecule has 0 N–H and O–H groups in total. The van der Waals surface area contributed by atoms with E-state index in [2.05, 4.69) is 10.1 Å². The first-order valence-electron chi connectivity index (χ1n) is 7.54. The molecule has 0 radical (unpaired) electrons. The number of fused-ring (bicyclic) bond motifs is 3. The maximum absolute atomic E-state index is 12.1. The lowest BCUT2D eigenvalue weighted by molar-refractivity contribution is -0.111. The van der Waals surface area contributed by atoms with Crippen LogP contribution in [-0.2, 0) is 11.3 Å². The van der Waals surface area contributed by atoms with Crippen LogP contribution >= 0.6 is 0 Å². The van der Waals surface area contributed by atoms with Crippen LogP contribution in [-0.4, -0.2) is 21.2 Å². The third-order valence-corrected chi connectivity index (χ3v) is 4.00. The van der Waals surface area contributed by atoms with E-state index in [9.17, 15) is 4.79 Å². The van der Waals surface area contributed by atoms with E-state index < -0.39 is 0 Å². The highest BCUT2D eigenvalue weighted by Gasteiger charge is 2.25. The minimum Gasteiger partial charge on any atom is -0.291 e. The van der Waals surface area contributed by atoms with Gasteiger partial charge in [0, 0.05) is 6.92 Å². The highest BCUT2D eigenvalue weighted by atomic mass is 16.1. The summed E-state index contributed by atoms with van der Waals surface area (Å²) < 4.78 is 1.86. The molecule has 0 unspecified atom stereocenters. The number of nitrogens with zero attached hydrogens (tertiary/aromatic N) is 4. The Bertz CT molecular complexity index is 937. The molecule has 2 heterocycles. The van der Waals surface area contributed by atoms with Gasteiger partial charge >= 0.3 is 0 Å². The Morgan fingerprint density at radius 1 is 1.09 bits per heavy atom. The van der Waals surface area contributed by atoms with Crippen molar-refractivity contribution in [3.05, 3.63) is 59.9 Å². The third-order valence-electron chi connectivity index (χ3n) is 4.00. The smallest absolute Gasteiger partial charge is 0.202 e. The van der Waals surface area contributed by atoms with Gasteiger partial charge in [0.2, 0.25) is 5.84 Å². The largest absolute Gasteiger partial charge is 0.291 e. The van der Waals surface area contributed by atoms with Crippen LogP contribution in [0.25, 0.3) is 11.0 Å². The van der Waals surface area contributed by atoms with Gasteiger partial charge in [-0.25, -0.2) is 4.98 Å². The lowest BCUT2D eigenvalue weighted by Crippen LogP contribution is -2.34. The van der Waals surface area contributed by atoms with E-state index in [0.29, 0.717) is 12.4 Å². The van der Waals surface area contributed by atoms with E-state index in [-0.39, 0.29) is 5.78 Å². The first-order chi connectivity index (χ1) is 11.1. The molecule has 1 aromatic heterocycles. The van der Waals surface area contributed by atoms with Crippen molar-refractivity contribution in [2.75, 3.05) is 5.01 Å². The van der Waals surface area contributed by atoms with Crippen LogP contribution in [0.15, 0.2) is 53.6 Å². The summed E-state index contributed by atoms with van der Waals surface area (Å²) >= 11 is 0. The summed E-state index contributed by atoms with van der Waals surface area (Å²) in [5, 5.41) is 6.40. The fourth-order valence-corrected chi connectivity index (χ4v) is 2.84. The van der Waals surface area contributed by atoms with Crippen molar-refractivity contribution in [1.29, 1.82) is 0 Å². The van der Waals surface area contributed by atoms with Crippen molar-refractivity contribution in [3.63, 3.8) is 0 Å². The number of carbonyl (C=O) groups excluding carboxylic acids is 1. The zero-order valence-corrected chi connectivity index (χ0v) is 13.0. The third kappa shape index (κ3) is 2.21. The molecule has 0 aliphatic carbocycles. The van der Waals surface area contributed by atoms with Gasteiger partial charge in [0.15, 0.2) is 5.78 Å². The summed E-state index contributed by atoms with van der Waals surface area (Å²) in [5.74, 6) is 1.15. The molecule has 5 nitrogen and oxygen atoms in total. The number of hydrogen-bond donors (Lipinski definition) is 0. The van der Waals surface area contributed by atoms with E-state index in [1.165, 1.54) is 12.5 Å². The van der Waals surface area contributed by atoms with Crippen LogP contribution in [0.3, 0.4) is 0 Å². The quantitative estimate of drug-likeness (QED) is 0.731. The first-order valence-corrected chi connectivity index (χ1v) is 7.54. The van der Waals surface area contributed by atoms with Gasteiger partial charge in [-0.2, -0.15) is 0 Å². The molecule has 0 atom stereocenters. The second-order valence-electron chi connectivity index (χ2n) is 5.73. The van der Waals surface area contributed by atoms with Crippen molar-refractivity contribution in [2.45, 2.75) is 20.4 Å². The molecule has 3 aromatic rings. The molecule has 0 spiro atoms. The highest BCUT2D eigenvalue weighted by Crippen LogP contribution is 2.25. The van der Waals surface area contributed by atoms with E-state index in [0.717, 1.165) is 22.5 Å². The maximum atomic E-state index is 12.1. The summed E-state index contributed by atoms with van der Waals surface area (Å²) in [4.78, 5) is 16.8. The van der Waals surface area contributed by atoms with Gasteiger partial charge in [0.1, 0.15) is 12.4 Å². The average molecular weight is 304 g/mol. The molecular weight excluding hydrogens is 288 g/mol. The first kappa shape index (κ1) is 13.7. The zero-order chi connectivity index (χ0) is 16.0. The monoisotopic (exact) mass is 304 g/mol. The Morgan fingerprint density at radius 2 is 1.83 bits per heavy atom. The van der Waals surface area contributed by atoms with Crippen LogP contribution in [0.5, 0.6) is 0 Å². The number of ketones is 1. The summed E-state index contributed by atoms with van der Waals surface area (Å²) in [7, 11) is 0. The number of aryl methyl sites for hydroxylation is 1. The second kappa shape index (κ2) is 5.05. The number of Topliss-reactive ketones (excluding diaryl/α,β-unsaturated/α-hetero) is 1. The van der Waals surface area contributed by atoms with Crippen molar-refractivity contribution in [1.82, 2.24) is 9.55 Å². The fraction of sp³-hybridized carbons (Fsp3) is 0.167. The number of hydrazone groups is 1. The predicted molar refractivity (Wildman–Crippen MR) is 90.6 cm³/mol. The Hall–Kier alpha value is -2.95. The summed E-state index contributed by atoms with van der Waals surface area (Å²) in [6.45, 7) is 4.12. The van der Waals surface area contributed by atoms with Crippen molar-refractivity contribution >= 4 is 28.3 Å². The second-order valence-corrected chi connectivity index (χ2v) is 5.73. The van der Waals surface area contributed by atoms with Crippen LogP contribution in [0.4, 0.5) is 5.69 Å². The van der Waals surface area contributed by atoms with Crippen LogP contribution in [0, 0.1) is 6.92 Å². The molecule has 1 aliphatic heterocycles. The highest BCUT2D eigenvalue weighted by molar-refractivity contribution is 6.40. The van der Waals surface area contributed by atoms with Crippen molar-refractivity contribution in [2.24, 2.45) is 5.10 Å². The number of anilines is 1. The number of rotatable bonds is 2. The lowest BCUT2D eigenvalue weighted by atomic mass is 10.2. The molecule has 4 rings (SSSR count). The normalized spacial score (nSPS) is 13.8. The average Bonchev–Trinajstić information content (AvgIpc) is 2.93. The molecule has 0 saturated heterocycles. The summed E-state index contributed by atoms with van der Waals surface area (Å²) in [6, 6.07) is 15.9. The summed E-state index contributed by atoms with van der Waals surface area (Å²) in [5.41, 5.74) is 3.93. The maximum Gasteiger partial charge on any atom is 0.202 e. The topological polar surface area (TPSA) is 50.5 Å². The number of carbonyl (C=O) groups is 1.